The van der Waals surface area contributed by atoms with Crippen molar-refractivity contribution in [3.05, 3.63) is 59.7 Å². The van der Waals surface area contributed by atoms with Crippen LogP contribution in [0.2, 0.25) is 0 Å². The summed E-state index contributed by atoms with van der Waals surface area (Å²) >= 11 is 0. The molecule has 2 aromatic rings. The Morgan fingerprint density at radius 2 is 1.62 bits per heavy atom. The van der Waals surface area contributed by atoms with Gasteiger partial charge in [0.05, 0.1) is 10.3 Å². The molecule has 3 rings (SSSR count). The highest BCUT2D eigenvalue weighted by molar-refractivity contribution is 7.92. The molecule has 34 heavy (non-hydrogen) atoms. The van der Waals surface area contributed by atoms with Crippen LogP contribution in [0.1, 0.15) is 44.2 Å². The number of sulfonamides is 1. The number of aliphatic carboxylic acids is 1. The average molecular weight is 501 g/mol. The van der Waals surface area contributed by atoms with Crippen molar-refractivity contribution in [1.82, 2.24) is 5.32 Å². The predicted molar refractivity (Wildman–Crippen MR) is 121 cm³/mol. The molecule has 1 unspecified atom stereocenters. The third-order valence-corrected chi connectivity index (χ3v) is 7.03. The number of carbonyl (C=O) groups is 2. The molecule has 0 radical (unpaired) electrons. The number of hydrogen-bond acceptors (Lipinski definition) is 4. The van der Waals surface area contributed by atoms with E-state index in [1.807, 2.05) is 32.0 Å². The van der Waals surface area contributed by atoms with Gasteiger partial charge >= 0.3 is 12.1 Å². The van der Waals surface area contributed by atoms with Gasteiger partial charge in [0.1, 0.15) is 0 Å². The summed E-state index contributed by atoms with van der Waals surface area (Å²) in [5, 5.41) is 10.2. The first-order valence-electron chi connectivity index (χ1n) is 10.5. The zero-order chi connectivity index (χ0) is 25.7. The van der Waals surface area contributed by atoms with Gasteiger partial charge in [-0.2, -0.15) is 13.2 Å². The van der Waals surface area contributed by atoms with Gasteiger partial charge in [0.2, 0.25) is 5.91 Å². The van der Waals surface area contributed by atoms with E-state index in [1.54, 1.807) is 37.3 Å². The molecule has 0 aromatic heterocycles. The normalized spacial score (nSPS) is 15.4. The molecule has 0 aliphatic heterocycles. The van der Waals surface area contributed by atoms with E-state index < -0.39 is 27.6 Å². The fourth-order valence-corrected chi connectivity index (χ4v) is 4.47. The van der Waals surface area contributed by atoms with Gasteiger partial charge in [0.15, 0.2) is 0 Å². The van der Waals surface area contributed by atoms with Gasteiger partial charge in [-0.25, -0.2) is 13.2 Å². The van der Waals surface area contributed by atoms with Gasteiger partial charge < -0.3 is 10.4 Å². The summed E-state index contributed by atoms with van der Waals surface area (Å²) in [5.74, 6) is -2.70. The SMILES string of the molecule is CCC(C)NC(=O)C1(c2ccc(NS(=O)(=O)c3ccccc3C)cc2)CC1.O=C(O)C(F)(F)F. The minimum Gasteiger partial charge on any atom is -0.475 e. The Morgan fingerprint density at radius 1 is 1.09 bits per heavy atom. The quantitative estimate of drug-likeness (QED) is 0.523. The molecule has 1 aliphatic carbocycles. The number of nitrogens with one attached hydrogen (secondary N) is 2. The lowest BCUT2D eigenvalue weighted by Crippen LogP contribution is -2.39. The smallest absolute Gasteiger partial charge is 0.475 e. The van der Waals surface area contributed by atoms with E-state index >= 15 is 0 Å². The van der Waals surface area contributed by atoms with Crippen LogP contribution in [0.15, 0.2) is 53.4 Å². The van der Waals surface area contributed by atoms with Gasteiger partial charge in [-0.15, -0.1) is 0 Å². The molecule has 1 saturated carbocycles. The highest BCUT2D eigenvalue weighted by Crippen LogP contribution is 2.48. The van der Waals surface area contributed by atoms with Crippen LogP contribution in [-0.2, 0) is 25.0 Å². The molecule has 0 saturated heterocycles. The zero-order valence-electron chi connectivity index (χ0n) is 18.9. The van der Waals surface area contributed by atoms with Crippen molar-refractivity contribution >= 4 is 27.6 Å². The lowest BCUT2D eigenvalue weighted by molar-refractivity contribution is -0.192. The number of hydrogen-bond donors (Lipinski definition) is 3. The summed E-state index contributed by atoms with van der Waals surface area (Å²) in [7, 11) is -3.64. The predicted octanol–water partition coefficient (Wildman–Crippen LogP) is 4.38. The number of benzene rings is 2. The highest BCUT2D eigenvalue weighted by atomic mass is 32.2. The summed E-state index contributed by atoms with van der Waals surface area (Å²) < 4.78 is 59.6. The summed E-state index contributed by atoms with van der Waals surface area (Å²) in [6, 6.07) is 14.2. The van der Waals surface area contributed by atoms with E-state index in [0.717, 1.165) is 24.8 Å². The number of aryl methyl sites for hydroxylation is 1. The maximum absolute atomic E-state index is 12.6. The second-order valence-electron chi connectivity index (χ2n) is 8.12. The molecule has 1 amide bonds. The molecule has 2 aromatic carbocycles. The molecule has 1 fully saturated rings. The minimum atomic E-state index is -5.08. The van der Waals surface area contributed by atoms with Crippen LogP contribution in [0.5, 0.6) is 0 Å². The van der Waals surface area contributed by atoms with Crippen LogP contribution < -0.4 is 10.0 Å². The average Bonchev–Trinajstić information content (AvgIpc) is 3.56. The Hall–Kier alpha value is -3.08. The first kappa shape index (κ1) is 27.2. The number of anilines is 1. The number of carboxylic acids is 1. The lowest BCUT2D eigenvalue weighted by Gasteiger charge is -2.19. The van der Waals surface area contributed by atoms with Gasteiger partial charge in [-0.05, 0) is 62.4 Å². The van der Waals surface area contributed by atoms with Gasteiger partial charge in [-0.3, -0.25) is 9.52 Å². The second kappa shape index (κ2) is 10.5. The standard InChI is InChI=1S/C21H26N2O3S.C2HF3O2/c1-4-16(3)22-20(24)21(13-14-21)17-9-11-18(12-10-17)23-27(25,26)19-8-6-5-7-15(19)2;3-2(4,5)1(6)7/h5-12,16,23H,4,13-14H2,1-3H3,(H,22,24);(H,6,7). The zero-order valence-corrected chi connectivity index (χ0v) is 19.8. The molecule has 11 heteroatoms. The van der Waals surface area contributed by atoms with Crippen LogP contribution in [0.4, 0.5) is 18.9 Å². The Kier molecular flexibility index (Phi) is 8.35. The lowest BCUT2D eigenvalue weighted by atomic mass is 9.94. The second-order valence-corrected chi connectivity index (χ2v) is 9.77. The Balaban J connectivity index is 0.000000509. The van der Waals surface area contributed by atoms with Crippen molar-refractivity contribution in [2.75, 3.05) is 4.72 Å². The Bertz CT molecular complexity index is 1130. The van der Waals surface area contributed by atoms with Gasteiger partial charge in [0, 0.05) is 11.7 Å². The number of rotatable bonds is 7. The molecule has 186 valence electrons. The molecule has 7 nitrogen and oxygen atoms in total. The van der Waals surface area contributed by atoms with Crippen LogP contribution in [0.3, 0.4) is 0 Å². The maximum atomic E-state index is 12.6. The van der Waals surface area contributed by atoms with Crippen LogP contribution >= 0.6 is 0 Å². The van der Waals surface area contributed by atoms with Crippen LogP contribution in [0.25, 0.3) is 0 Å². The molecular formula is C23H27F3N2O5S. The number of alkyl halides is 3. The van der Waals surface area contributed by atoms with Crippen LogP contribution in [-0.4, -0.2) is 37.6 Å². The third-order valence-electron chi connectivity index (χ3n) is 5.49. The first-order valence-corrected chi connectivity index (χ1v) is 12.0. The number of carbonyl (C=O) groups excluding carboxylic acids is 1. The van der Waals surface area contributed by atoms with Crippen molar-refractivity contribution in [3.63, 3.8) is 0 Å². The van der Waals surface area contributed by atoms with Gasteiger partial charge in [-0.1, -0.05) is 37.3 Å². The number of carboxylic acid groups (broad SMARTS) is 1. The van der Waals surface area contributed by atoms with Crippen molar-refractivity contribution in [2.45, 2.75) is 62.6 Å². The number of halogens is 3. The Morgan fingerprint density at radius 3 is 2.06 bits per heavy atom. The Labute approximate surface area is 196 Å². The van der Waals surface area contributed by atoms with E-state index in [1.165, 1.54) is 0 Å². The topological polar surface area (TPSA) is 113 Å². The van der Waals surface area contributed by atoms with Gasteiger partial charge in [0.25, 0.3) is 10.0 Å². The molecule has 1 atom stereocenters. The van der Waals surface area contributed by atoms with Crippen molar-refractivity contribution in [2.24, 2.45) is 0 Å². The maximum Gasteiger partial charge on any atom is 0.490 e. The molecule has 1 aliphatic rings. The molecule has 3 N–H and O–H groups in total. The molecular weight excluding hydrogens is 473 g/mol. The first-order chi connectivity index (χ1) is 15.7. The van der Waals surface area contributed by atoms with Crippen molar-refractivity contribution in [3.8, 4) is 0 Å². The van der Waals surface area contributed by atoms with Crippen molar-refractivity contribution in [1.29, 1.82) is 0 Å². The summed E-state index contributed by atoms with van der Waals surface area (Å²) in [4.78, 5) is 21.8. The van der Waals surface area contributed by atoms with E-state index in [4.69, 9.17) is 9.90 Å². The summed E-state index contributed by atoms with van der Waals surface area (Å²) in [6.07, 6.45) is -2.55. The van der Waals surface area contributed by atoms with Crippen molar-refractivity contribution < 1.29 is 36.3 Å². The fourth-order valence-electron chi connectivity index (χ4n) is 3.16. The molecule has 0 spiro atoms. The van der Waals surface area contributed by atoms with E-state index in [0.29, 0.717) is 11.3 Å². The molecule has 0 bridgehead atoms. The van der Waals surface area contributed by atoms with E-state index in [9.17, 15) is 26.4 Å². The monoisotopic (exact) mass is 500 g/mol. The highest BCUT2D eigenvalue weighted by Gasteiger charge is 2.51. The third kappa shape index (κ3) is 6.72. The van der Waals surface area contributed by atoms with E-state index in [-0.39, 0.29) is 16.8 Å². The fraction of sp³-hybridized carbons (Fsp3) is 0.391. The number of amides is 1. The minimum absolute atomic E-state index is 0.0603. The summed E-state index contributed by atoms with van der Waals surface area (Å²) in [5.41, 5.74) is 1.65. The van der Waals surface area contributed by atoms with E-state index in [2.05, 4.69) is 10.0 Å². The summed E-state index contributed by atoms with van der Waals surface area (Å²) in [6.45, 7) is 5.81. The molecule has 0 heterocycles. The van der Waals surface area contributed by atoms with Crippen LogP contribution in [0, 0.1) is 6.92 Å². The largest absolute Gasteiger partial charge is 0.490 e.